The number of pyridine rings is 1. The number of rotatable bonds is 2. The first-order chi connectivity index (χ1) is 10.0. The highest BCUT2D eigenvalue weighted by atomic mass is 79.9. The Labute approximate surface area is 128 Å². The molecule has 0 aliphatic carbocycles. The first kappa shape index (κ1) is 13.9. The fraction of sp³-hybridized carbons (Fsp3) is 0.0625. The van der Waals surface area contributed by atoms with Crippen molar-refractivity contribution in [3.8, 4) is 11.6 Å². The number of aryl methyl sites for hydroxylation is 1. The second-order valence-electron chi connectivity index (χ2n) is 4.60. The highest BCUT2D eigenvalue weighted by molar-refractivity contribution is 9.10. The van der Waals surface area contributed by atoms with E-state index in [1.165, 1.54) is 6.07 Å². The van der Waals surface area contributed by atoms with Crippen molar-refractivity contribution in [2.24, 2.45) is 0 Å². The molecule has 3 aromatic rings. The monoisotopic (exact) mass is 349 g/mol. The largest absolute Gasteiger partial charge is 0.435 e. The van der Waals surface area contributed by atoms with Crippen LogP contribution in [-0.4, -0.2) is 4.98 Å². The Morgan fingerprint density at radius 3 is 2.67 bits per heavy atom. The Bertz CT molecular complexity index is 836. The molecule has 5 heteroatoms. The maximum absolute atomic E-state index is 13.8. The molecule has 0 atom stereocenters. The van der Waals surface area contributed by atoms with E-state index in [0.29, 0.717) is 4.47 Å². The van der Waals surface area contributed by atoms with E-state index in [0.717, 1.165) is 22.5 Å². The van der Waals surface area contributed by atoms with Crippen LogP contribution in [0.2, 0.25) is 0 Å². The third-order valence-corrected chi connectivity index (χ3v) is 3.49. The van der Waals surface area contributed by atoms with Gasteiger partial charge in [0.05, 0.1) is 5.52 Å². The topological polar surface area (TPSA) is 22.1 Å². The first-order valence-electron chi connectivity index (χ1n) is 6.23. The minimum Gasteiger partial charge on any atom is -0.435 e. The molecule has 0 spiro atoms. The number of halogens is 3. The van der Waals surface area contributed by atoms with Gasteiger partial charge in [0.2, 0.25) is 11.7 Å². The molecular formula is C16H10BrF2NO. The van der Waals surface area contributed by atoms with E-state index in [2.05, 4.69) is 20.9 Å². The van der Waals surface area contributed by atoms with E-state index in [-0.39, 0.29) is 11.6 Å². The van der Waals surface area contributed by atoms with Crippen molar-refractivity contribution in [1.29, 1.82) is 0 Å². The summed E-state index contributed by atoms with van der Waals surface area (Å²) in [7, 11) is 0. The zero-order valence-electron chi connectivity index (χ0n) is 11.0. The fourth-order valence-corrected chi connectivity index (χ4v) is 2.43. The van der Waals surface area contributed by atoms with Crippen LogP contribution in [0.15, 0.2) is 46.9 Å². The normalized spacial score (nSPS) is 10.9. The maximum atomic E-state index is 13.8. The van der Waals surface area contributed by atoms with E-state index in [1.54, 1.807) is 6.92 Å². The van der Waals surface area contributed by atoms with E-state index in [1.807, 2.05) is 30.3 Å². The molecule has 0 unspecified atom stereocenters. The molecule has 1 aromatic heterocycles. The molecule has 0 saturated heterocycles. The zero-order valence-corrected chi connectivity index (χ0v) is 12.6. The smallest absolute Gasteiger partial charge is 0.222 e. The van der Waals surface area contributed by atoms with Crippen molar-refractivity contribution in [3.05, 3.63) is 64.1 Å². The Hall–Kier alpha value is -2.01. The van der Waals surface area contributed by atoms with Crippen LogP contribution in [-0.2, 0) is 0 Å². The number of nitrogens with zero attached hydrogens (tertiary/aromatic N) is 1. The second kappa shape index (κ2) is 5.41. The minimum absolute atomic E-state index is 0.201. The predicted octanol–water partition coefficient (Wildman–Crippen LogP) is 5.38. The summed E-state index contributed by atoms with van der Waals surface area (Å²) in [5.41, 5.74) is 1.47. The summed E-state index contributed by atoms with van der Waals surface area (Å²) in [6, 6.07) is 11.8. The van der Waals surface area contributed by atoms with Crippen LogP contribution in [0.3, 0.4) is 0 Å². The van der Waals surface area contributed by atoms with Gasteiger partial charge in [-0.15, -0.1) is 0 Å². The number of benzene rings is 2. The Morgan fingerprint density at radius 2 is 1.86 bits per heavy atom. The fourth-order valence-electron chi connectivity index (χ4n) is 2.02. The molecule has 0 radical (unpaired) electrons. The van der Waals surface area contributed by atoms with Crippen LogP contribution in [0.25, 0.3) is 10.9 Å². The van der Waals surface area contributed by atoms with Gasteiger partial charge in [0.15, 0.2) is 11.6 Å². The number of para-hydroxylation sites is 1. The van der Waals surface area contributed by atoms with Crippen LogP contribution in [0, 0.1) is 18.6 Å². The van der Waals surface area contributed by atoms with E-state index < -0.39 is 11.6 Å². The van der Waals surface area contributed by atoms with Crippen molar-refractivity contribution in [2.45, 2.75) is 6.92 Å². The molecule has 106 valence electrons. The van der Waals surface area contributed by atoms with Gasteiger partial charge < -0.3 is 4.74 Å². The lowest BCUT2D eigenvalue weighted by Crippen LogP contribution is -1.96. The van der Waals surface area contributed by atoms with E-state index in [9.17, 15) is 8.78 Å². The van der Waals surface area contributed by atoms with Crippen molar-refractivity contribution in [3.63, 3.8) is 0 Å². The van der Waals surface area contributed by atoms with E-state index in [4.69, 9.17) is 4.74 Å². The van der Waals surface area contributed by atoms with Crippen LogP contribution in [0.4, 0.5) is 8.78 Å². The SMILES string of the molecule is Cc1cc2ccccc2nc1Oc1cc(Br)cc(F)c1F. The van der Waals surface area contributed by atoms with Gasteiger partial charge in [0.25, 0.3) is 0 Å². The summed E-state index contributed by atoms with van der Waals surface area (Å²) in [5.74, 6) is -1.96. The number of fused-ring (bicyclic) bond motifs is 1. The third-order valence-electron chi connectivity index (χ3n) is 3.03. The molecule has 0 fully saturated rings. The molecule has 2 aromatic carbocycles. The molecule has 3 rings (SSSR count). The molecule has 0 amide bonds. The van der Waals surface area contributed by atoms with Gasteiger partial charge in [-0.2, -0.15) is 4.39 Å². The van der Waals surface area contributed by atoms with Gasteiger partial charge in [-0.3, -0.25) is 0 Å². The summed E-state index contributed by atoms with van der Waals surface area (Å²) in [6.07, 6.45) is 0. The summed E-state index contributed by atoms with van der Waals surface area (Å²) < 4.78 is 33.0. The maximum Gasteiger partial charge on any atom is 0.222 e. The lowest BCUT2D eigenvalue weighted by molar-refractivity contribution is 0.404. The third kappa shape index (κ3) is 2.74. The molecule has 0 N–H and O–H groups in total. The van der Waals surface area contributed by atoms with Gasteiger partial charge >= 0.3 is 0 Å². The Morgan fingerprint density at radius 1 is 1.10 bits per heavy atom. The number of ether oxygens (including phenoxy) is 1. The lowest BCUT2D eigenvalue weighted by Gasteiger charge is -2.10. The van der Waals surface area contributed by atoms with Crippen LogP contribution < -0.4 is 4.74 Å². The van der Waals surface area contributed by atoms with Crippen molar-refractivity contribution < 1.29 is 13.5 Å². The van der Waals surface area contributed by atoms with Gasteiger partial charge in [0, 0.05) is 15.4 Å². The quantitative estimate of drug-likeness (QED) is 0.579. The number of aromatic nitrogens is 1. The van der Waals surface area contributed by atoms with Gasteiger partial charge in [0.1, 0.15) is 0 Å². The minimum atomic E-state index is -1.03. The highest BCUT2D eigenvalue weighted by Crippen LogP contribution is 2.31. The Balaban J connectivity index is 2.08. The number of hydrogen-bond acceptors (Lipinski definition) is 2. The molecule has 2 nitrogen and oxygen atoms in total. The summed E-state index contributed by atoms with van der Waals surface area (Å²) in [6.45, 7) is 1.81. The zero-order chi connectivity index (χ0) is 15.0. The molecule has 0 aliphatic rings. The van der Waals surface area contributed by atoms with Crippen LogP contribution in [0.1, 0.15) is 5.56 Å². The molecule has 0 saturated carbocycles. The predicted molar refractivity (Wildman–Crippen MR) is 80.6 cm³/mol. The lowest BCUT2D eigenvalue weighted by atomic mass is 10.2. The van der Waals surface area contributed by atoms with Crippen molar-refractivity contribution >= 4 is 26.8 Å². The van der Waals surface area contributed by atoms with Gasteiger partial charge in [-0.1, -0.05) is 34.1 Å². The summed E-state index contributed by atoms with van der Waals surface area (Å²) in [5, 5.41) is 0.961. The molecule has 21 heavy (non-hydrogen) atoms. The molecule has 1 heterocycles. The summed E-state index contributed by atoms with van der Waals surface area (Å²) >= 11 is 3.11. The standard InChI is InChI=1S/C16H10BrF2NO/c1-9-6-10-4-2-3-5-13(10)20-16(9)21-14-8-11(17)7-12(18)15(14)19/h2-8H,1H3. The summed E-state index contributed by atoms with van der Waals surface area (Å²) in [4.78, 5) is 4.34. The highest BCUT2D eigenvalue weighted by Gasteiger charge is 2.14. The van der Waals surface area contributed by atoms with Crippen molar-refractivity contribution in [1.82, 2.24) is 4.98 Å². The molecular weight excluding hydrogens is 340 g/mol. The average Bonchev–Trinajstić information content (AvgIpc) is 2.45. The van der Waals surface area contributed by atoms with Crippen molar-refractivity contribution in [2.75, 3.05) is 0 Å². The average molecular weight is 350 g/mol. The second-order valence-corrected chi connectivity index (χ2v) is 5.52. The van der Waals surface area contributed by atoms with Crippen LogP contribution in [0.5, 0.6) is 11.6 Å². The Kier molecular flexibility index (Phi) is 3.59. The van der Waals surface area contributed by atoms with Gasteiger partial charge in [-0.25, -0.2) is 9.37 Å². The number of hydrogen-bond donors (Lipinski definition) is 0. The van der Waals surface area contributed by atoms with Crippen LogP contribution >= 0.6 is 15.9 Å². The van der Waals surface area contributed by atoms with E-state index >= 15 is 0 Å². The molecule has 0 bridgehead atoms. The molecule has 0 aliphatic heterocycles. The van der Waals surface area contributed by atoms with Gasteiger partial charge in [-0.05, 0) is 31.2 Å². The first-order valence-corrected chi connectivity index (χ1v) is 7.02.